The summed E-state index contributed by atoms with van der Waals surface area (Å²) in [7, 11) is 0. The van der Waals surface area contributed by atoms with Gasteiger partial charge in [-0.15, -0.1) is 0 Å². The lowest BCUT2D eigenvalue weighted by atomic mass is 10.1. The van der Waals surface area contributed by atoms with E-state index in [-0.39, 0.29) is 37.1 Å². The second kappa shape index (κ2) is 11.2. The van der Waals surface area contributed by atoms with Crippen molar-refractivity contribution in [2.45, 2.75) is 51.4 Å². The number of fused-ring (bicyclic) bond motifs is 1. The third-order valence-corrected chi connectivity index (χ3v) is 6.93. The molecule has 2 amide bonds. The SMILES string of the molecule is CC(=O)c1cn(CC(=O)N2C[C@H](F)C[C@H]2C(=O)NCCCCc2ccccc2)c2ccc(Br)cc12. The first-order valence-electron chi connectivity index (χ1n) is 11.9. The van der Waals surface area contributed by atoms with Crippen LogP contribution < -0.4 is 5.32 Å². The molecule has 1 fully saturated rings. The summed E-state index contributed by atoms with van der Waals surface area (Å²) in [5.41, 5.74) is 2.51. The lowest BCUT2D eigenvalue weighted by molar-refractivity contribution is -0.138. The Balaban J connectivity index is 1.37. The number of Topliss-reactive ketones (excluding diaryl/α,β-unsaturated/α-hetero) is 1. The highest BCUT2D eigenvalue weighted by Crippen LogP contribution is 2.27. The average molecular weight is 542 g/mol. The van der Waals surface area contributed by atoms with Gasteiger partial charge in [-0.25, -0.2) is 4.39 Å². The van der Waals surface area contributed by atoms with Crippen LogP contribution in [-0.4, -0.2) is 52.4 Å². The van der Waals surface area contributed by atoms with E-state index < -0.39 is 12.2 Å². The van der Waals surface area contributed by atoms with Crippen LogP contribution in [0.3, 0.4) is 0 Å². The van der Waals surface area contributed by atoms with Gasteiger partial charge in [0.1, 0.15) is 18.8 Å². The molecular weight excluding hydrogens is 513 g/mol. The number of carbonyl (C=O) groups is 3. The Morgan fingerprint density at radius 1 is 1.11 bits per heavy atom. The molecule has 0 bridgehead atoms. The molecular formula is C27H29BrFN3O3. The minimum atomic E-state index is -1.24. The molecule has 4 rings (SSSR count). The van der Waals surface area contributed by atoms with Crippen molar-refractivity contribution in [3.8, 4) is 0 Å². The number of likely N-dealkylation sites (tertiary alicyclic amines) is 1. The number of rotatable bonds is 9. The summed E-state index contributed by atoms with van der Waals surface area (Å²) in [6, 6.07) is 14.8. The summed E-state index contributed by atoms with van der Waals surface area (Å²) in [5, 5.41) is 3.62. The molecule has 1 aromatic heterocycles. The first-order valence-corrected chi connectivity index (χ1v) is 12.7. The van der Waals surface area contributed by atoms with E-state index in [1.54, 1.807) is 10.8 Å². The lowest BCUT2D eigenvalue weighted by Gasteiger charge is -2.24. The zero-order chi connectivity index (χ0) is 24.9. The fourth-order valence-electron chi connectivity index (χ4n) is 4.65. The molecule has 0 radical (unpaired) electrons. The van der Waals surface area contributed by atoms with Gasteiger partial charge in [0.25, 0.3) is 0 Å². The van der Waals surface area contributed by atoms with Crippen LogP contribution in [-0.2, 0) is 22.6 Å². The van der Waals surface area contributed by atoms with Crippen LogP contribution in [0.4, 0.5) is 4.39 Å². The number of alkyl halides is 1. The summed E-state index contributed by atoms with van der Waals surface area (Å²) in [4.78, 5) is 39.4. The normalized spacial score (nSPS) is 17.6. The van der Waals surface area contributed by atoms with Crippen LogP contribution in [0.2, 0.25) is 0 Å². The molecule has 1 aliphatic heterocycles. The molecule has 35 heavy (non-hydrogen) atoms. The minimum absolute atomic E-state index is 0.000340. The first kappa shape index (κ1) is 25.1. The van der Waals surface area contributed by atoms with E-state index in [2.05, 4.69) is 33.4 Å². The Bertz CT molecular complexity index is 1230. The number of nitrogens with zero attached hydrogens (tertiary/aromatic N) is 2. The van der Waals surface area contributed by atoms with Gasteiger partial charge in [0.15, 0.2) is 5.78 Å². The van der Waals surface area contributed by atoms with Crippen molar-refractivity contribution in [1.29, 1.82) is 0 Å². The van der Waals surface area contributed by atoms with E-state index in [0.717, 1.165) is 34.6 Å². The molecule has 184 valence electrons. The van der Waals surface area contributed by atoms with Crippen LogP contribution in [0.1, 0.15) is 42.1 Å². The van der Waals surface area contributed by atoms with E-state index in [1.807, 2.05) is 36.4 Å². The van der Waals surface area contributed by atoms with Crippen molar-refractivity contribution in [2.75, 3.05) is 13.1 Å². The summed E-state index contributed by atoms with van der Waals surface area (Å²) >= 11 is 3.42. The first-order chi connectivity index (χ1) is 16.8. The summed E-state index contributed by atoms with van der Waals surface area (Å²) in [6.07, 6.45) is 3.08. The maximum absolute atomic E-state index is 14.3. The average Bonchev–Trinajstić information content (AvgIpc) is 3.40. The monoisotopic (exact) mass is 541 g/mol. The number of benzene rings is 2. The largest absolute Gasteiger partial charge is 0.354 e. The number of aromatic nitrogens is 1. The molecule has 2 heterocycles. The van der Waals surface area contributed by atoms with Crippen molar-refractivity contribution in [2.24, 2.45) is 0 Å². The number of ketones is 1. The Hall–Kier alpha value is -3.00. The highest BCUT2D eigenvalue weighted by Gasteiger charge is 2.39. The molecule has 0 saturated carbocycles. The fourth-order valence-corrected chi connectivity index (χ4v) is 5.02. The highest BCUT2D eigenvalue weighted by atomic mass is 79.9. The molecule has 8 heteroatoms. The van der Waals surface area contributed by atoms with Crippen molar-refractivity contribution in [1.82, 2.24) is 14.8 Å². The smallest absolute Gasteiger partial charge is 0.243 e. The van der Waals surface area contributed by atoms with Gasteiger partial charge in [0.2, 0.25) is 11.8 Å². The predicted molar refractivity (Wildman–Crippen MR) is 137 cm³/mol. The number of hydrogen-bond donors (Lipinski definition) is 1. The Labute approximate surface area is 212 Å². The van der Waals surface area contributed by atoms with Gasteiger partial charge < -0.3 is 14.8 Å². The zero-order valence-corrected chi connectivity index (χ0v) is 21.3. The van der Waals surface area contributed by atoms with E-state index in [0.29, 0.717) is 12.1 Å². The number of aryl methyl sites for hydroxylation is 1. The van der Waals surface area contributed by atoms with Gasteiger partial charge in [-0.3, -0.25) is 14.4 Å². The van der Waals surface area contributed by atoms with Crippen molar-refractivity contribution in [3.05, 3.63) is 70.3 Å². The van der Waals surface area contributed by atoms with E-state index in [4.69, 9.17) is 0 Å². The van der Waals surface area contributed by atoms with E-state index >= 15 is 0 Å². The van der Waals surface area contributed by atoms with E-state index in [1.165, 1.54) is 17.4 Å². The number of nitrogens with one attached hydrogen (secondary N) is 1. The quantitative estimate of drug-likeness (QED) is 0.315. The van der Waals surface area contributed by atoms with Gasteiger partial charge in [-0.2, -0.15) is 0 Å². The Kier molecular flexibility index (Phi) is 8.00. The van der Waals surface area contributed by atoms with Crippen LogP contribution in [0, 0.1) is 0 Å². The third kappa shape index (κ3) is 5.99. The zero-order valence-electron chi connectivity index (χ0n) is 19.7. The molecule has 2 aromatic carbocycles. The second-order valence-electron chi connectivity index (χ2n) is 9.02. The van der Waals surface area contributed by atoms with Crippen molar-refractivity contribution in [3.63, 3.8) is 0 Å². The van der Waals surface area contributed by atoms with Crippen LogP contribution in [0.25, 0.3) is 10.9 Å². The molecule has 3 aromatic rings. The molecule has 1 N–H and O–H groups in total. The molecule has 1 saturated heterocycles. The summed E-state index contributed by atoms with van der Waals surface area (Å²) < 4.78 is 16.8. The maximum Gasteiger partial charge on any atom is 0.243 e. The van der Waals surface area contributed by atoms with E-state index in [9.17, 15) is 18.8 Å². The molecule has 0 spiro atoms. The number of hydrogen-bond acceptors (Lipinski definition) is 3. The van der Waals surface area contributed by atoms with Gasteiger partial charge in [-0.1, -0.05) is 46.3 Å². The Morgan fingerprint density at radius 2 is 1.89 bits per heavy atom. The number of halogens is 2. The van der Waals surface area contributed by atoms with Crippen molar-refractivity contribution >= 4 is 44.4 Å². The molecule has 2 atom stereocenters. The fraction of sp³-hybridized carbons (Fsp3) is 0.370. The minimum Gasteiger partial charge on any atom is -0.354 e. The van der Waals surface area contributed by atoms with Gasteiger partial charge in [0.05, 0.1) is 6.54 Å². The predicted octanol–water partition coefficient (Wildman–Crippen LogP) is 4.68. The van der Waals surface area contributed by atoms with Gasteiger partial charge >= 0.3 is 0 Å². The molecule has 0 aliphatic carbocycles. The lowest BCUT2D eigenvalue weighted by Crippen LogP contribution is -2.47. The number of unbranched alkanes of at least 4 members (excludes halogenated alkanes) is 1. The summed E-state index contributed by atoms with van der Waals surface area (Å²) in [6.45, 7) is 1.80. The number of carbonyl (C=O) groups excluding carboxylic acids is 3. The second-order valence-corrected chi connectivity index (χ2v) is 9.93. The summed E-state index contributed by atoms with van der Waals surface area (Å²) in [5.74, 6) is -0.762. The topological polar surface area (TPSA) is 71.4 Å². The van der Waals surface area contributed by atoms with Gasteiger partial charge in [-0.05, 0) is 49.9 Å². The maximum atomic E-state index is 14.3. The standard InChI is InChI=1S/C27H29BrFN3O3/c1-18(33)23-16-31(24-11-10-20(28)13-22(23)24)17-26(34)32-15-21(29)14-25(32)27(35)30-12-6-5-9-19-7-3-2-4-8-19/h2-4,7-8,10-11,13,16,21,25H,5-6,9,12,14-15,17H2,1H3,(H,30,35)/t21-,25+/m1/s1. The van der Waals surface area contributed by atoms with Crippen LogP contribution >= 0.6 is 15.9 Å². The Morgan fingerprint density at radius 3 is 2.63 bits per heavy atom. The molecule has 1 aliphatic rings. The highest BCUT2D eigenvalue weighted by molar-refractivity contribution is 9.10. The van der Waals surface area contributed by atoms with Gasteiger partial charge in [0, 0.05) is 40.1 Å². The molecule has 0 unspecified atom stereocenters. The van der Waals surface area contributed by atoms with Crippen LogP contribution in [0.5, 0.6) is 0 Å². The number of amides is 2. The third-order valence-electron chi connectivity index (χ3n) is 6.44. The molecule has 6 nitrogen and oxygen atoms in total. The van der Waals surface area contributed by atoms with Crippen molar-refractivity contribution < 1.29 is 18.8 Å². The van der Waals surface area contributed by atoms with Crippen LogP contribution in [0.15, 0.2) is 59.2 Å².